The van der Waals surface area contributed by atoms with Crippen molar-refractivity contribution in [3.05, 3.63) is 59.2 Å². The standard InChI is InChI=1S/C22H21F2N3O2/c23-15-8-6-14(7-9-15)22(28)25-21-18-12-16(24)11-17(13-4-5-13)20(18)27(26-21)19-3-1-2-10-29-19/h6-9,11-13,19H,1-5,10H2,(H,25,26,28). The van der Waals surface area contributed by atoms with Crippen LogP contribution in [0, 0.1) is 11.6 Å². The summed E-state index contributed by atoms with van der Waals surface area (Å²) in [4.78, 5) is 12.7. The number of amides is 1. The molecule has 1 aliphatic carbocycles. The normalized spacial score (nSPS) is 19.4. The van der Waals surface area contributed by atoms with Crippen LogP contribution in [0.15, 0.2) is 36.4 Å². The highest BCUT2D eigenvalue weighted by molar-refractivity contribution is 6.08. The van der Waals surface area contributed by atoms with Crippen LogP contribution in [0.4, 0.5) is 14.6 Å². The summed E-state index contributed by atoms with van der Waals surface area (Å²) < 4.78 is 35.3. The summed E-state index contributed by atoms with van der Waals surface area (Å²) in [6.45, 7) is 0.656. The minimum atomic E-state index is -0.418. The van der Waals surface area contributed by atoms with Crippen LogP contribution in [0.5, 0.6) is 0 Å². The van der Waals surface area contributed by atoms with Crippen molar-refractivity contribution in [2.24, 2.45) is 0 Å². The maximum absolute atomic E-state index is 14.4. The van der Waals surface area contributed by atoms with Gasteiger partial charge in [-0.3, -0.25) is 4.79 Å². The molecule has 1 atom stereocenters. The summed E-state index contributed by atoms with van der Waals surface area (Å²) in [7, 11) is 0. The number of nitrogens with zero attached hydrogens (tertiary/aromatic N) is 2. The van der Waals surface area contributed by atoms with Gasteiger partial charge in [-0.25, -0.2) is 13.5 Å². The van der Waals surface area contributed by atoms with E-state index in [0.29, 0.717) is 29.3 Å². The summed E-state index contributed by atoms with van der Waals surface area (Å²) in [6.07, 6.45) is 4.67. The SMILES string of the molecule is O=C(Nc1nn(C2CCCCO2)c2c(C3CC3)cc(F)cc12)c1ccc(F)cc1. The van der Waals surface area contributed by atoms with Crippen LogP contribution in [0.25, 0.3) is 10.9 Å². The molecule has 7 heteroatoms. The quantitative estimate of drug-likeness (QED) is 0.663. The first-order chi connectivity index (χ1) is 14.1. The molecule has 5 rings (SSSR count). The van der Waals surface area contributed by atoms with Crippen molar-refractivity contribution in [3.63, 3.8) is 0 Å². The third-order valence-electron chi connectivity index (χ3n) is 5.58. The molecule has 150 valence electrons. The second-order valence-corrected chi connectivity index (χ2v) is 7.74. The van der Waals surface area contributed by atoms with Crippen molar-refractivity contribution in [3.8, 4) is 0 Å². The van der Waals surface area contributed by atoms with Gasteiger partial charge >= 0.3 is 0 Å². The Morgan fingerprint density at radius 1 is 1.07 bits per heavy atom. The van der Waals surface area contributed by atoms with Crippen LogP contribution >= 0.6 is 0 Å². The average molecular weight is 397 g/mol. The molecule has 1 unspecified atom stereocenters. The molecule has 2 fully saturated rings. The summed E-state index contributed by atoms with van der Waals surface area (Å²) >= 11 is 0. The fourth-order valence-corrected chi connectivity index (χ4v) is 3.97. The highest BCUT2D eigenvalue weighted by Gasteiger charge is 2.31. The topological polar surface area (TPSA) is 56.2 Å². The number of fused-ring (bicyclic) bond motifs is 1. The van der Waals surface area contributed by atoms with Crippen molar-refractivity contribution in [2.75, 3.05) is 11.9 Å². The number of carbonyl (C=O) groups excluding carboxylic acids is 1. The monoisotopic (exact) mass is 397 g/mol. The number of hydrogen-bond acceptors (Lipinski definition) is 3. The Morgan fingerprint density at radius 2 is 1.86 bits per heavy atom. The molecular weight excluding hydrogens is 376 g/mol. The van der Waals surface area contributed by atoms with E-state index in [9.17, 15) is 13.6 Å². The van der Waals surface area contributed by atoms with E-state index in [-0.39, 0.29) is 12.0 Å². The molecule has 1 N–H and O–H groups in total. The lowest BCUT2D eigenvalue weighted by Gasteiger charge is -2.24. The zero-order chi connectivity index (χ0) is 20.0. The maximum Gasteiger partial charge on any atom is 0.256 e. The highest BCUT2D eigenvalue weighted by atomic mass is 19.1. The van der Waals surface area contributed by atoms with Crippen molar-refractivity contribution >= 4 is 22.6 Å². The third kappa shape index (κ3) is 3.51. The van der Waals surface area contributed by atoms with Crippen LogP contribution in [0.1, 0.15) is 60.2 Å². The Morgan fingerprint density at radius 3 is 2.55 bits per heavy atom. The number of nitrogens with one attached hydrogen (secondary N) is 1. The van der Waals surface area contributed by atoms with E-state index >= 15 is 0 Å². The van der Waals surface area contributed by atoms with E-state index in [0.717, 1.165) is 43.2 Å². The number of hydrogen-bond donors (Lipinski definition) is 1. The van der Waals surface area contributed by atoms with Crippen LogP contribution in [-0.2, 0) is 4.74 Å². The number of ether oxygens (including phenoxy) is 1. The molecule has 1 amide bonds. The fourth-order valence-electron chi connectivity index (χ4n) is 3.97. The van der Waals surface area contributed by atoms with Gasteiger partial charge in [-0.05, 0) is 80.0 Å². The van der Waals surface area contributed by atoms with Crippen molar-refractivity contribution in [1.29, 1.82) is 0 Å². The minimum absolute atomic E-state index is 0.231. The Balaban J connectivity index is 1.59. The molecule has 2 heterocycles. The first-order valence-corrected chi connectivity index (χ1v) is 10.0. The van der Waals surface area contributed by atoms with E-state index in [1.165, 1.54) is 30.3 Å². The summed E-state index contributed by atoms with van der Waals surface area (Å²) in [5, 5.41) is 7.97. The van der Waals surface area contributed by atoms with E-state index in [4.69, 9.17) is 4.74 Å². The molecule has 1 saturated carbocycles. The Bertz CT molecular complexity index is 1070. The zero-order valence-electron chi connectivity index (χ0n) is 15.8. The number of halogens is 2. The molecule has 29 heavy (non-hydrogen) atoms. The molecule has 0 bridgehead atoms. The van der Waals surface area contributed by atoms with Gasteiger partial charge in [-0.2, -0.15) is 5.10 Å². The van der Waals surface area contributed by atoms with Gasteiger partial charge in [-0.15, -0.1) is 0 Å². The van der Waals surface area contributed by atoms with Crippen LogP contribution in [-0.4, -0.2) is 22.3 Å². The van der Waals surface area contributed by atoms with E-state index < -0.39 is 11.7 Å². The molecule has 3 aromatic rings. The summed E-state index contributed by atoms with van der Waals surface area (Å²) in [5.74, 6) is -0.571. The molecule has 1 aromatic heterocycles. The fraction of sp³-hybridized carbons (Fsp3) is 0.364. The van der Waals surface area contributed by atoms with Gasteiger partial charge in [0.05, 0.1) is 5.52 Å². The average Bonchev–Trinajstić information content (AvgIpc) is 3.52. The van der Waals surface area contributed by atoms with Crippen molar-refractivity contribution < 1.29 is 18.3 Å². The lowest BCUT2D eigenvalue weighted by molar-refractivity contribution is -0.0365. The highest BCUT2D eigenvalue weighted by Crippen LogP contribution is 2.45. The Labute approximate surface area is 166 Å². The molecule has 2 aliphatic rings. The number of aromatic nitrogens is 2. The second-order valence-electron chi connectivity index (χ2n) is 7.74. The number of rotatable bonds is 4. The number of carbonyl (C=O) groups is 1. The van der Waals surface area contributed by atoms with Crippen molar-refractivity contribution in [2.45, 2.75) is 44.2 Å². The predicted molar refractivity (Wildman–Crippen MR) is 105 cm³/mol. The second kappa shape index (κ2) is 7.22. The first-order valence-electron chi connectivity index (χ1n) is 10.0. The van der Waals surface area contributed by atoms with Crippen LogP contribution in [0.2, 0.25) is 0 Å². The van der Waals surface area contributed by atoms with E-state index in [1.807, 2.05) is 4.68 Å². The molecule has 0 spiro atoms. The molecule has 1 saturated heterocycles. The molecule has 0 radical (unpaired) electrons. The summed E-state index contributed by atoms with van der Waals surface area (Å²) in [6, 6.07) is 8.26. The van der Waals surface area contributed by atoms with Gasteiger partial charge in [0.2, 0.25) is 0 Å². The van der Waals surface area contributed by atoms with Gasteiger partial charge in [-0.1, -0.05) is 0 Å². The van der Waals surface area contributed by atoms with Gasteiger partial charge in [0.1, 0.15) is 11.6 Å². The summed E-state index contributed by atoms with van der Waals surface area (Å²) in [5.41, 5.74) is 2.06. The largest absolute Gasteiger partial charge is 0.356 e. The Hall–Kier alpha value is -2.80. The molecule has 1 aliphatic heterocycles. The lowest BCUT2D eigenvalue weighted by atomic mass is 10.1. The van der Waals surface area contributed by atoms with E-state index in [2.05, 4.69) is 10.4 Å². The number of anilines is 1. The zero-order valence-corrected chi connectivity index (χ0v) is 15.8. The van der Waals surface area contributed by atoms with Gasteiger partial charge in [0, 0.05) is 17.6 Å². The molecule has 5 nitrogen and oxygen atoms in total. The molecule has 2 aromatic carbocycles. The van der Waals surface area contributed by atoms with Crippen LogP contribution < -0.4 is 5.32 Å². The van der Waals surface area contributed by atoms with E-state index in [1.54, 1.807) is 6.07 Å². The Kier molecular flexibility index (Phi) is 4.54. The minimum Gasteiger partial charge on any atom is -0.356 e. The van der Waals surface area contributed by atoms with Gasteiger partial charge in [0.15, 0.2) is 12.0 Å². The molecular formula is C22H21F2N3O2. The maximum atomic E-state index is 14.4. The first kappa shape index (κ1) is 18.2. The predicted octanol–water partition coefficient (Wildman–Crippen LogP) is 5.14. The van der Waals surface area contributed by atoms with Crippen molar-refractivity contribution in [1.82, 2.24) is 9.78 Å². The third-order valence-corrected chi connectivity index (χ3v) is 5.58. The van der Waals surface area contributed by atoms with Gasteiger partial charge in [0.25, 0.3) is 5.91 Å². The number of benzene rings is 2. The lowest BCUT2D eigenvalue weighted by Crippen LogP contribution is -2.20. The smallest absolute Gasteiger partial charge is 0.256 e. The van der Waals surface area contributed by atoms with Crippen LogP contribution in [0.3, 0.4) is 0 Å². The van der Waals surface area contributed by atoms with Gasteiger partial charge < -0.3 is 10.1 Å².